The monoisotopic (exact) mass is 471 g/mol. The normalized spacial score (nSPS) is 14.2. The molecule has 0 aliphatic heterocycles. The molecule has 6 nitrogen and oxygen atoms in total. The van der Waals surface area contributed by atoms with Crippen molar-refractivity contribution in [1.82, 2.24) is 9.78 Å². The molecule has 1 heterocycles. The van der Waals surface area contributed by atoms with Crippen molar-refractivity contribution in [3.63, 3.8) is 0 Å². The molecular weight excluding hydrogens is 447 g/mol. The summed E-state index contributed by atoms with van der Waals surface area (Å²) in [5, 5.41) is 14.0. The average Bonchev–Trinajstić information content (AvgIpc) is 2.82. The first-order chi connectivity index (χ1) is 16.3. The van der Waals surface area contributed by atoms with Gasteiger partial charge in [0.15, 0.2) is 17.5 Å². The lowest BCUT2D eigenvalue weighted by molar-refractivity contribution is 0.199. The summed E-state index contributed by atoms with van der Waals surface area (Å²) < 4.78 is 41.7. The molecule has 0 unspecified atom stereocenters. The topological polar surface area (TPSA) is 75.4 Å². The van der Waals surface area contributed by atoms with E-state index in [-0.39, 0.29) is 23.2 Å². The number of halogens is 3. The quantitative estimate of drug-likeness (QED) is 0.495. The van der Waals surface area contributed by atoms with Gasteiger partial charge < -0.3 is 5.11 Å². The number of rotatable bonds is 6. The molecule has 1 amide bonds. The van der Waals surface area contributed by atoms with E-state index in [9.17, 15) is 27.9 Å². The molecule has 178 valence electrons. The van der Waals surface area contributed by atoms with Gasteiger partial charge in [0.1, 0.15) is 5.69 Å². The summed E-state index contributed by atoms with van der Waals surface area (Å²) in [6, 6.07) is 9.66. The zero-order valence-electron chi connectivity index (χ0n) is 18.4. The minimum atomic E-state index is -1.59. The van der Waals surface area contributed by atoms with Crippen LogP contribution in [0.15, 0.2) is 53.5 Å². The number of hydrogen-bond donors (Lipinski definition) is 1. The summed E-state index contributed by atoms with van der Waals surface area (Å²) in [6.07, 6.45) is 5.67. The third-order valence-corrected chi connectivity index (χ3v) is 6.10. The molecule has 34 heavy (non-hydrogen) atoms. The van der Waals surface area contributed by atoms with Crippen molar-refractivity contribution >= 4 is 11.8 Å². The van der Waals surface area contributed by atoms with Gasteiger partial charge in [-0.2, -0.15) is 5.10 Å². The molecule has 3 aromatic rings. The Morgan fingerprint density at radius 2 is 1.76 bits per heavy atom. The number of nitrogens with zero attached hydrogens (tertiary/aromatic N) is 3. The van der Waals surface area contributed by atoms with Crippen LogP contribution < -0.4 is 10.3 Å². The van der Waals surface area contributed by atoms with E-state index in [1.54, 1.807) is 24.3 Å². The summed E-state index contributed by atoms with van der Waals surface area (Å²) in [6.45, 7) is 0.414. The fourth-order valence-electron chi connectivity index (χ4n) is 4.34. The van der Waals surface area contributed by atoms with Crippen LogP contribution in [-0.4, -0.2) is 27.5 Å². The molecule has 0 atom stereocenters. The van der Waals surface area contributed by atoms with Gasteiger partial charge in [0.05, 0.1) is 5.69 Å². The van der Waals surface area contributed by atoms with Crippen molar-refractivity contribution in [3.05, 3.63) is 87.6 Å². The number of carboxylic acid groups (broad SMARTS) is 1. The first-order valence-electron chi connectivity index (χ1n) is 11.1. The molecule has 1 aliphatic carbocycles. The Hall–Kier alpha value is -3.62. The van der Waals surface area contributed by atoms with Crippen LogP contribution in [0.1, 0.15) is 43.4 Å². The Labute approximate surface area is 194 Å². The fourth-order valence-corrected chi connectivity index (χ4v) is 4.34. The molecule has 1 aromatic heterocycles. The summed E-state index contributed by atoms with van der Waals surface area (Å²) in [4.78, 5) is 25.7. The lowest BCUT2D eigenvalue weighted by atomic mass is 9.89. The standard InChI is InChI=1S/C25H24F3N3O3/c26-20-13-19(14-21(27)24(20)28)31-10-9-23(32)22(29-31)12-17-7-4-8-18(11-17)30(25(33)34)15-16-5-2-1-3-6-16/h4,7-11,13-14,16H,1-3,5-6,12,15H2,(H,33,34). The van der Waals surface area contributed by atoms with E-state index in [2.05, 4.69) is 5.10 Å². The maximum atomic E-state index is 13.6. The van der Waals surface area contributed by atoms with Crippen LogP contribution in [0.4, 0.5) is 23.7 Å². The number of aromatic nitrogens is 2. The molecule has 0 spiro atoms. The van der Waals surface area contributed by atoms with Crippen molar-refractivity contribution in [2.75, 3.05) is 11.4 Å². The molecule has 0 radical (unpaired) electrons. The Morgan fingerprint density at radius 1 is 1.06 bits per heavy atom. The zero-order chi connectivity index (χ0) is 24.2. The first-order valence-corrected chi connectivity index (χ1v) is 11.1. The van der Waals surface area contributed by atoms with Crippen molar-refractivity contribution in [3.8, 4) is 5.69 Å². The molecule has 1 N–H and O–H groups in total. The van der Waals surface area contributed by atoms with Crippen molar-refractivity contribution in [2.24, 2.45) is 5.92 Å². The minimum Gasteiger partial charge on any atom is -0.465 e. The second-order valence-corrected chi connectivity index (χ2v) is 8.54. The van der Waals surface area contributed by atoms with Crippen LogP contribution in [0.3, 0.4) is 0 Å². The molecule has 0 bridgehead atoms. The van der Waals surface area contributed by atoms with Gasteiger partial charge in [0.2, 0.25) is 5.43 Å². The number of benzene rings is 2. The highest BCUT2D eigenvalue weighted by Crippen LogP contribution is 2.27. The summed E-state index contributed by atoms with van der Waals surface area (Å²) in [5.74, 6) is -4.00. The van der Waals surface area contributed by atoms with Gasteiger partial charge in [-0.1, -0.05) is 31.4 Å². The van der Waals surface area contributed by atoms with Gasteiger partial charge in [-0.3, -0.25) is 9.69 Å². The molecule has 1 saturated carbocycles. The van der Waals surface area contributed by atoms with Crippen LogP contribution in [0, 0.1) is 23.4 Å². The average molecular weight is 471 g/mol. The highest BCUT2D eigenvalue weighted by atomic mass is 19.2. The summed E-state index contributed by atoms with van der Waals surface area (Å²) >= 11 is 0. The van der Waals surface area contributed by atoms with Crippen LogP contribution >= 0.6 is 0 Å². The molecule has 4 rings (SSSR count). The molecule has 0 saturated heterocycles. The van der Waals surface area contributed by atoms with E-state index < -0.39 is 23.5 Å². The predicted molar refractivity (Wildman–Crippen MR) is 121 cm³/mol. The lowest BCUT2D eigenvalue weighted by Crippen LogP contribution is -2.35. The zero-order valence-corrected chi connectivity index (χ0v) is 18.4. The lowest BCUT2D eigenvalue weighted by Gasteiger charge is -2.28. The van der Waals surface area contributed by atoms with Gasteiger partial charge >= 0.3 is 6.09 Å². The Balaban J connectivity index is 1.59. The van der Waals surface area contributed by atoms with Crippen LogP contribution in [-0.2, 0) is 6.42 Å². The Morgan fingerprint density at radius 3 is 2.44 bits per heavy atom. The number of carbonyl (C=O) groups is 1. The van der Waals surface area contributed by atoms with Gasteiger partial charge in [-0.25, -0.2) is 22.6 Å². The van der Waals surface area contributed by atoms with E-state index in [4.69, 9.17) is 0 Å². The first kappa shape index (κ1) is 23.5. The number of amides is 1. The van der Waals surface area contributed by atoms with E-state index >= 15 is 0 Å². The van der Waals surface area contributed by atoms with E-state index in [0.29, 0.717) is 23.7 Å². The smallest absolute Gasteiger partial charge is 0.411 e. The predicted octanol–water partition coefficient (Wildman–Crippen LogP) is 5.31. The van der Waals surface area contributed by atoms with Gasteiger partial charge in [-0.15, -0.1) is 0 Å². The maximum Gasteiger partial charge on any atom is 0.411 e. The van der Waals surface area contributed by atoms with Gasteiger partial charge in [0.25, 0.3) is 0 Å². The van der Waals surface area contributed by atoms with Crippen molar-refractivity contribution in [1.29, 1.82) is 0 Å². The fraction of sp³-hybridized carbons (Fsp3) is 0.320. The van der Waals surface area contributed by atoms with Crippen LogP contribution in [0.2, 0.25) is 0 Å². The third kappa shape index (κ3) is 5.30. The highest BCUT2D eigenvalue weighted by molar-refractivity contribution is 5.86. The molecule has 1 fully saturated rings. The highest BCUT2D eigenvalue weighted by Gasteiger charge is 2.22. The second-order valence-electron chi connectivity index (χ2n) is 8.54. The second kappa shape index (κ2) is 10.1. The number of hydrogen-bond acceptors (Lipinski definition) is 3. The molecule has 2 aromatic carbocycles. The van der Waals surface area contributed by atoms with Crippen LogP contribution in [0.5, 0.6) is 0 Å². The van der Waals surface area contributed by atoms with E-state index in [0.717, 1.165) is 42.5 Å². The van der Waals surface area contributed by atoms with Crippen molar-refractivity contribution in [2.45, 2.75) is 38.5 Å². The Bertz CT molecular complexity index is 1230. The SMILES string of the molecule is O=C(O)N(CC1CCCCC1)c1cccc(Cc2nn(-c3cc(F)c(F)c(F)c3)ccc2=O)c1. The van der Waals surface area contributed by atoms with Gasteiger partial charge in [-0.05, 0) is 36.5 Å². The molecular formula is C25H24F3N3O3. The largest absolute Gasteiger partial charge is 0.465 e. The van der Waals surface area contributed by atoms with E-state index in [1.807, 2.05) is 0 Å². The van der Waals surface area contributed by atoms with E-state index in [1.165, 1.54) is 23.6 Å². The Kier molecular flexibility index (Phi) is 7.00. The van der Waals surface area contributed by atoms with Crippen molar-refractivity contribution < 1.29 is 23.1 Å². The summed E-state index contributed by atoms with van der Waals surface area (Å²) in [5.41, 5.74) is 0.803. The maximum absolute atomic E-state index is 13.6. The minimum absolute atomic E-state index is 0.0732. The molecule has 9 heteroatoms. The van der Waals surface area contributed by atoms with Crippen LogP contribution in [0.25, 0.3) is 5.69 Å². The molecule has 1 aliphatic rings. The number of anilines is 1. The van der Waals surface area contributed by atoms with Gasteiger partial charge in [0, 0.05) is 43.0 Å². The summed E-state index contributed by atoms with van der Waals surface area (Å²) in [7, 11) is 0. The third-order valence-electron chi connectivity index (χ3n) is 6.10.